The minimum atomic E-state index is -0.268. The van der Waals surface area contributed by atoms with Crippen molar-refractivity contribution in [3.8, 4) is 10.4 Å². The maximum atomic E-state index is 13.6. The average Bonchev–Trinajstić information content (AvgIpc) is 3.09. The van der Waals surface area contributed by atoms with E-state index in [1.54, 1.807) is 6.07 Å². The number of benzene rings is 1. The fourth-order valence-electron chi connectivity index (χ4n) is 3.39. The van der Waals surface area contributed by atoms with Gasteiger partial charge in [-0.3, -0.25) is 4.79 Å². The zero-order valence-corrected chi connectivity index (χ0v) is 14.5. The van der Waals surface area contributed by atoms with Crippen LogP contribution in [0.5, 0.6) is 0 Å². The topological polar surface area (TPSA) is 54.9 Å². The molecule has 25 heavy (non-hydrogen) atoms. The van der Waals surface area contributed by atoms with Crippen molar-refractivity contribution in [3.05, 3.63) is 47.5 Å². The summed E-state index contributed by atoms with van der Waals surface area (Å²) in [4.78, 5) is 12.3. The van der Waals surface area contributed by atoms with Crippen LogP contribution in [0.3, 0.4) is 0 Å². The molecule has 3 aromatic rings. The lowest BCUT2D eigenvalue weighted by molar-refractivity contribution is 0.112. The van der Waals surface area contributed by atoms with Gasteiger partial charge in [-0.05, 0) is 62.0 Å². The van der Waals surface area contributed by atoms with Crippen molar-refractivity contribution in [1.82, 2.24) is 15.5 Å². The Kier molecular flexibility index (Phi) is 4.55. The standard InChI is InChI=1S/C19H18FN3OS/c20-14-5-1-4-13(8-14)18-9-15-16(7-12-3-2-6-21-10-12)22-23-17(11-24)19(15)25-18/h1,4-5,8-9,11-12,21H,2-3,6-7,10H2. The van der Waals surface area contributed by atoms with E-state index in [1.807, 2.05) is 12.1 Å². The third kappa shape index (κ3) is 3.32. The molecule has 1 atom stereocenters. The number of nitrogens with zero attached hydrogens (tertiary/aromatic N) is 2. The Hall–Kier alpha value is -2.18. The van der Waals surface area contributed by atoms with Gasteiger partial charge < -0.3 is 5.32 Å². The van der Waals surface area contributed by atoms with Gasteiger partial charge in [0.1, 0.15) is 11.5 Å². The Morgan fingerprint density at radius 3 is 3.00 bits per heavy atom. The fraction of sp³-hybridized carbons (Fsp3) is 0.316. The van der Waals surface area contributed by atoms with Crippen molar-refractivity contribution in [3.63, 3.8) is 0 Å². The van der Waals surface area contributed by atoms with Crippen LogP contribution in [-0.4, -0.2) is 29.6 Å². The number of aromatic nitrogens is 2. The van der Waals surface area contributed by atoms with E-state index < -0.39 is 0 Å². The van der Waals surface area contributed by atoms with Crippen molar-refractivity contribution in [1.29, 1.82) is 0 Å². The molecule has 0 spiro atoms. The van der Waals surface area contributed by atoms with Crippen LogP contribution in [0.1, 0.15) is 29.0 Å². The second kappa shape index (κ2) is 6.98. The van der Waals surface area contributed by atoms with E-state index in [-0.39, 0.29) is 5.82 Å². The number of hydrogen-bond acceptors (Lipinski definition) is 5. The van der Waals surface area contributed by atoms with Gasteiger partial charge in [0.05, 0.1) is 10.4 Å². The van der Waals surface area contributed by atoms with Crippen LogP contribution >= 0.6 is 11.3 Å². The van der Waals surface area contributed by atoms with Gasteiger partial charge in [-0.2, -0.15) is 5.10 Å². The van der Waals surface area contributed by atoms with Gasteiger partial charge in [-0.1, -0.05) is 12.1 Å². The molecule has 3 heterocycles. The summed E-state index contributed by atoms with van der Waals surface area (Å²) in [5, 5.41) is 12.8. The van der Waals surface area contributed by atoms with Crippen molar-refractivity contribution in [2.45, 2.75) is 19.3 Å². The second-order valence-corrected chi connectivity index (χ2v) is 7.48. The molecule has 128 valence electrons. The number of nitrogens with one attached hydrogen (secondary N) is 1. The molecule has 1 aromatic carbocycles. The van der Waals surface area contributed by atoms with Crippen LogP contribution in [0.15, 0.2) is 30.3 Å². The second-order valence-electron chi connectivity index (χ2n) is 6.43. The Morgan fingerprint density at radius 1 is 1.32 bits per heavy atom. The van der Waals surface area contributed by atoms with Crippen molar-refractivity contribution in [2.75, 3.05) is 13.1 Å². The monoisotopic (exact) mass is 355 g/mol. The average molecular weight is 355 g/mol. The summed E-state index contributed by atoms with van der Waals surface area (Å²) in [6.45, 7) is 2.06. The summed E-state index contributed by atoms with van der Waals surface area (Å²) in [6, 6.07) is 8.53. The van der Waals surface area contributed by atoms with E-state index in [0.29, 0.717) is 11.6 Å². The minimum Gasteiger partial charge on any atom is -0.316 e. The molecule has 0 saturated carbocycles. The molecule has 4 rings (SSSR count). The summed E-state index contributed by atoms with van der Waals surface area (Å²) in [6.07, 6.45) is 3.93. The maximum absolute atomic E-state index is 13.6. The van der Waals surface area contributed by atoms with E-state index >= 15 is 0 Å². The van der Waals surface area contributed by atoms with Gasteiger partial charge in [0.2, 0.25) is 0 Å². The molecule has 2 aromatic heterocycles. The van der Waals surface area contributed by atoms with E-state index in [0.717, 1.165) is 52.0 Å². The number of carbonyl (C=O) groups excluding carboxylic acids is 1. The molecule has 0 bridgehead atoms. The van der Waals surface area contributed by atoms with Crippen LogP contribution in [-0.2, 0) is 6.42 Å². The first-order valence-electron chi connectivity index (χ1n) is 8.45. The zero-order chi connectivity index (χ0) is 17.2. The normalized spacial score (nSPS) is 17.7. The Bertz CT molecular complexity index is 918. The first-order chi connectivity index (χ1) is 12.2. The van der Waals surface area contributed by atoms with Crippen molar-refractivity contribution in [2.24, 2.45) is 5.92 Å². The fourth-order valence-corrected chi connectivity index (χ4v) is 4.51. The number of fused-ring (bicyclic) bond motifs is 1. The SMILES string of the molecule is O=Cc1nnc(CC2CCCNC2)c2cc(-c3cccc(F)c3)sc12. The van der Waals surface area contributed by atoms with Gasteiger partial charge in [-0.15, -0.1) is 16.4 Å². The van der Waals surface area contributed by atoms with Gasteiger partial charge in [0.25, 0.3) is 0 Å². The maximum Gasteiger partial charge on any atom is 0.171 e. The van der Waals surface area contributed by atoms with Gasteiger partial charge >= 0.3 is 0 Å². The highest BCUT2D eigenvalue weighted by Crippen LogP contribution is 2.36. The molecule has 0 aliphatic carbocycles. The quantitative estimate of drug-likeness (QED) is 0.722. The van der Waals surface area contributed by atoms with Gasteiger partial charge in [0.15, 0.2) is 6.29 Å². The first-order valence-corrected chi connectivity index (χ1v) is 9.27. The summed E-state index contributed by atoms with van der Waals surface area (Å²) >= 11 is 1.47. The molecule has 1 unspecified atom stereocenters. The predicted octanol–water partition coefficient (Wildman–Crippen LogP) is 3.85. The lowest BCUT2D eigenvalue weighted by Crippen LogP contribution is -2.31. The van der Waals surface area contributed by atoms with E-state index in [1.165, 1.54) is 36.3 Å². The predicted molar refractivity (Wildman–Crippen MR) is 97.5 cm³/mol. The highest BCUT2D eigenvalue weighted by molar-refractivity contribution is 7.22. The number of carbonyl (C=O) groups is 1. The van der Waals surface area contributed by atoms with Gasteiger partial charge in [0, 0.05) is 10.3 Å². The zero-order valence-electron chi connectivity index (χ0n) is 13.7. The number of halogens is 1. The molecular formula is C19H18FN3OS. The van der Waals surface area contributed by atoms with Crippen LogP contribution in [0.2, 0.25) is 0 Å². The van der Waals surface area contributed by atoms with E-state index in [9.17, 15) is 9.18 Å². The minimum absolute atomic E-state index is 0.268. The van der Waals surface area contributed by atoms with E-state index in [4.69, 9.17) is 0 Å². The van der Waals surface area contributed by atoms with Crippen molar-refractivity contribution >= 4 is 27.7 Å². The molecule has 0 radical (unpaired) electrons. The highest BCUT2D eigenvalue weighted by Gasteiger charge is 2.19. The number of rotatable bonds is 4. The largest absolute Gasteiger partial charge is 0.316 e. The van der Waals surface area contributed by atoms with Gasteiger partial charge in [-0.25, -0.2) is 4.39 Å². The summed E-state index contributed by atoms with van der Waals surface area (Å²) < 4.78 is 14.4. The third-order valence-corrected chi connectivity index (χ3v) is 5.86. The molecule has 6 heteroatoms. The summed E-state index contributed by atoms with van der Waals surface area (Å²) in [7, 11) is 0. The number of hydrogen-bond donors (Lipinski definition) is 1. The Balaban J connectivity index is 1.77. The number of aldehydes is 1. The smallest absolute Gasteiger partial charge is 0.171 e. The number of piperidine rings is 1. The Labute approximate surface area is 149 Å². The van der Waals surface area contributed by atoms with Crippen LogP contribution in [0.25, 0.3) is 20.5 Å². The van der Waals surface area contributed by atoms with E-state index in [2.05, 4.69) is 15.5 Å². The van der Waals surface area contributed by atoms with Crippen LogP contribution in [0.4, 0.5) is 4.39 Å². The third-order valence-electron chi connectivity index (χ3n) is 4.66. The first kappa shape index (κ1) is 16.3. The summed E-state index contributed by atoms with van der Waals surface area (Å²) in [5.41, 5.74) is 2.09. The van der Waals surface area contributed by atoms with Crippen molar-refractivity contribution < 1.29 is 9.18 Å². The molecule has 1 fully saturated rings. The van der Waals surface area contributed by atoms with Crippen LogP contribution in [0, 0.1) is 11.7 Å². The molecular weight excluding hydrogens is 337 g/mol. The Morgan fingerprint density at radius 2 is 2.24 bits per heavy atom. The molecule has 1 saturated heterocycles. The lowest BCUT2D eigenvalue weighted by Gasteiger charge is -2.22. The van der Waals surface area contributed by atoms with Crippen LogP contribution < -0.4 is 5.32 Å². The molecule has 1 aliphatic rings. The lowest BCUT2D eigenvalue weighted by atomic mass is 9.93. The molecule has 1 N–H and O–H groups in total. The molecule has 1 aliphatic heterocycles. The highest BCUT2D eigenvalue weighted by atomic mass is 32.1. The molecule has 4 nitrogen and oxygen atoms in total. The number of thiophene rings is 1. The summed E-state index contributed by atoms with van der Waals surface area (Å²) in [5.74, 6) is 0.265. The molecule has 0 amide bonds.